The van der Waals surface area contributed by atoms with Crippen LogP contribution in [0.25, 0.3) is 150 Å². The molecule has 0 fully saturated rings. The van der Waals surface area contributed by atoms with E-state index in [-0.39, 0.29) is 0 Å². The molecule has 0 bridgehead atoms. The van der Waals surface area contributed by atoms with Crippen LogP contribution in [0.3, 0.4) is 0 Å². The van der Waals surface area contributed by atoms with Crippen LogP contribution in [0.2, 0.25) is 0 Å². The zero-order chi connectivity index (χ0) is 79.4. The molecule has 0 atom stereocenters. The summed E-state index contributed by atoms with van der Waals surface area (Å²) in [6.45, 7) is 0. The molecule has 22 aromatic rings. The highest BCUT2D eigenvalue weighted by Gasteiger charge is 2.24. The zero-order valence-electron chi connectivity index (χ0n) is 65.3. The first-order chi connectivity index (χ1) is 59.5. The summed E-state index contributed by atoms with van der Waals surface area (Å²) in [6.07, 6.45) is 0. The van der Waals surface area contributed by atoms with Crippen LogP contribution in [0.4, 0.5) is 51.2 Å². The van der Waals surface area contributed by atoms with Crippen LogP contribution in [0.1, 0.15) is 0 Å². The molecule has 22 rings (SSSR count). The molecule has 9 nitrogen and oxygen atoms in total. The van der Waals surface area contributed by atoms with Gasteiger partial charge in [0.1, 0.15) is 0 Å². The second-order valence-corrected chi connectivity index (χ2v) is 30.4. The molecule has 0 spiro atoms. The third-order valence-corrected chi connectivity index (χ3v) is 23.2. The minimum atomic E-state index is 0.523. The van der Waals surface area contributed by atoms with Crippen molar-refractivity contribution < 1.29 is 0 Å². The summed E-state index contributed by atoms with van der Waals surface area (Å²) in [6, 6.07) is 163. The van der Waals surface area contributed by atoms with Gasteiger partial charge in [-0.15, -0.1) is 0 Å². The highest BCUT2D eigenvalue weighted by molar-refractivity contribution is 6.13. The van der Waals surface area contributed by atoms with E-state index in [0.717, 1.165) is 135 Å². The molecule has 0 amide bonds. The van der Waals surface area contributed by atoms with E-state index in [2.05, 4.69) is 483 Å². The second kappa shape index (κ2) is 30.2. The van der Waals surface area contributed by atoms with Gasteiger partial charge in [0.15, 0.2) is 17.5 Å². The summed E-state index contributed by atoms with van der Waals surface area (Å²) in [5, 5.41) is 7.33. The third-order valence-electron chi connectivity index (χ3n) is 23.2. The van der Waals surface area contributed by atoms with Crippen LogP contribution in [-0.4, -0.2) is 28.7 Å². The Labute approximate surface area is 695 Å². The van der Waals surface area contributed by atoms with E-state index in [1.807, 2.05) is 0 Å². The van der Waals surface area contributed by atoms with Crippen molar-refractivity contribution in [2.75, 3.05) is 14.7 Å². The average molecular weight is 1530 g/mol. The molecule has 9 heteroatoms. The smallest absolute Gasteiger partial charge is 0.164 e. The topological polar surface area (TPSA) is 63.2 Å². The quantitative estimate of drug-likeness (QED) is 0.0853. The molecule has 120 heavy (non-hydrogen) atoms. The van der Waals surface area contributed by atoms with E-state index in [1.165, 1.54) is 48.9 Å². The van der Waals surface area contributed by atoms with Crippen molar-refractivity contribution in [3.05, 3.63) is 455 Å². The number of fused-ring (bicyclic) bond motifs is 9. The maximum Gasteiger partial charge on any atom is 0.164 e. The van der Waals surface area contributed by atoms with Gasteiger partial charge >= 0.3 is 0 Å². The number of nitrogens with zero attached hydrogens (tertiary/aromatic N) is 9. The van der Waals surface area contributed by atoms with Crippen LogP contribution in [0, 0.1) is 0 Å². The molecular formula is C111H75N9. The molecule has 0 unspecified atom stereocenters. The monoisotopic (exact) mass is 1530 g/mol. The number of hydrogen-bond acceptors (Lipinski definition) is 6. The fourth-order valence-corrected chi connectivity index (χ4v) is 17.6. The van der Waals surface area contributed by atoms with E-state index >= 15 is 0 Å². The van der Waals surface area contributed by atoms with Crippen molar-refractivity contribution in [3.63, 3.8) is 0 Å². The number of para-hydroxylation sites is 9. The van der Waals surface area contributed by atoms with Crippen molar-refractivity contribution in [2.24, 2.45) is 0 Å². The van der Waals surface area contributed by atoms with Gasteiger partial charge in [-0.05, 0) is 215 Å². The lowest BCUT2D eigenvalue weighted by molar-refractivity contribution is 1.07. The first kappa shape index (κ1) is 70.4. The largest absolute Gasteiger partial charge is 0.310 e. The minimum absolute atomic E-state index is 0.523. The van der Waals surface area contributed by atoms with E-state index in [0.29, 0.717) is 17.5 Å². The fraction of sp³-hybridized carbons (Fsp3) is 0. The highest BCUT2D eigenvalue weighted by Crippen LogP contribution is 2.45. The molecule has 0 radical (unpaired) electrons. The summed E-state index contributed by atoms with van der Waals surface area (Å²) in [5.41, 5.74) is 28.4. The summed E-state index contributed by atoms with van der Waals surface area (Å²) < 4.78 is 7.13. The SMILES string of the molecule is c1ccc(N(c2ccc(-c3ccc4c5ccccc5n(-c5ccccc5)c4c3)cc2)c2cccc(-c3nc(-c4cccc(N(c5ccccc5)c5ccc(-c6ccc7c8ccccc8n(-c8ccccc8)c7c6)cc5)c4)nc(-c4cccc(N(c5ccccc5)c5ccc(-c6ccc7c8ccccc8n(-c8ccccc8)c7c6)cc5)c4)n3)c2)cc1. The number of benzene rings is 18. The first-order valence-corrected chi connectivity index (χ1v) is 40.7. The van der Waals surface area contributed by atoms with Gasteiger partial charge in [0.25, 0.3) is 0 Å². The molecule has 564 valence electrons. The maximum absolute atomic E-state index is 5.56. The van der Waals surface area contributed by atoms with E-state index in [1.54, 1.807) is 0 Å². The van der Waals surface area contributed by atoms with Crippen LogP contribution >= 0.6 is 0 Å². The molecule has 0 saturated carbocycles. The van der Waals surface area contributed by atoms with Crippen molar-refractivity contribution in [3.8, 4) is 84.6 Å². The Morgan fingerprint density at radius 2 is 0.358 bits per heavy atom. The summed E-state index contributed by atoms with van der Waals surface area (Å²) in [5.74, 6) is 1.57. The lowest BCUT2D eigenvalue weighted by Gasteiger charge is -2.26. The van der Waals surface area contributed by atoms with Crippen LogP contribution in [0.15, 0.2) is 455 Å². The average Bonchev–Trinajstić information content (AvgIpc) is 1.28. The molecule has 0 N–H and O–H groups in total. The maximum atomic E-state index is 5.56. The van der Waals surface area contributed by atoms with Crippen molar-refractivity contribution in [2.45, 2.75) is 0 Å². The Hall–Kier alpha value is -16.2. The summed E-state index contributed by atoms with van der Waals surface area (Å²) in [7, 11) is 0. The molecule has 0 aliphatic carbocycles. The van der Waals surface area contributed by atoms with E-state index in [9.17, 15) is 0 Å². The molecule has 4 aromatic heterocycles. The van der Waals surface area contributed by atoms with E-state index < -0.39 is 0 Å². The molecular weight excluding hydrogens is 1460 g/mol. The van der Waals surface area contributed by atoms with Gasteiger partial charge in [-0.2, -0.15) is 0 Å². The number of rotatable bonds is 18. The molecule has 18 aromatic carbocycles. The molecule has 0 aliphatic heterocycles. The zero-order valence-corrected chi connectivity index (χ0v) is 65.3. The number of aromatic nitrogens is 6. The number of hydrogen-bond donors (Lipinski definition) is 0. The Kier molecular flexibility index (Phi) is 17.7. The highest BCUT2D eigenvalue weighted by atomic mass is 15.2. The lowest BCUT2D eigenvalue weighted by atomic mass is 10.0. The predicted molar refractivity (Wildman–Crippen MR) is 500 cm³/mol. The van der Waals surface area contributed by atoms with Crippen LogP contribution in [0.5, 0.6) is 0 Å². The number of anilines is 9. The predicted octanol–water partition coefficient (Wildman–Crippen LogP) is 29.6. The Bertz CT molecular complexity index is 6830. The standard InChI is InChI=1S/C111H75N9/c1-7-31-85(32-8-1)115(91-61-52-76(53-62-91)79-58-67-100-97-46-19-22-49-103(97)118(106(100)73-79)88-37-13-4-14-38-88)94-43-25-28-82(70-94)109-112-110(83-29-26-44-95(71-83)116(86-33-9-2-10-34-86)92-63-54-77(55-64-92)80-59-68-101-98-47-20-23-50-104(98)119(107(101)74-80)89-39-15-5-16-40-89)114-111(113-109)84-30-27-45-96(72-84)117(87-35-11-3-12-36-87)93-65-56-78(57-66-93)81-60-69-102-99-48-21-24-51-105(99)120(108(102)75-81)90-41-17-6-18-42-90/h1-75H. The molecule has 0 saturated heterocycles. The first-order valence-electron chi connectivity index (χ1n) is 40.7. The Morgan fingerprint density at radius 1 is 0.142 bits per heavy atom. The molecule has 4 heterocycles. The second-order valence-electron chi connectivity index (χ2n) is 30.4. The summed E-state index contributed by atoms with van der Waals surface area (Å²) >= 11 is 0. The molecule has 0 aliphatic rings. The van der Waals surface area contributed by atoms with Crippen molar-refractivity contribution >= 4 is 117 Å². The minimum Gasteiger partial charge on any atom is -0.310 e. The van der Waals surface area contributed by atoms with Gasteiger partial charge < -0.3 is 28.4 Å². The Balaban J connectivity index is 0.650. The van der Waals surface area contributed by atoms with Gasteiger partial charge in [0.2, 0.25) is 0 Å². The van der Waals surface area contributed by atoms with Crippen LogP contribution in [-0.2, 0) is 0 Å². The van der Waals surface area contributed by atoms with Gasteiger partial charge in [-0.1, -0.05) is 273 Å². The van der Waals surface area contributed by atoms with E-state index in [4.69, 9.17) is 15.0 Å². The van der Waals surface area contributed by atoms with Gasteiger partial charge in [-0.3, -0.25) is 0 Å². The van der Waals surface area contributed by atoms with Gasteiger partial charge in [0.05, 0.1) is 33.1 Å². The lowest BCUT2D eigenvalue weighted by Crippen LogP contribution is -2.11. The van der Waals surface area contributed by atoms with Crippen molar-refractivity contribution in [1.82, 2.24) is 28.7 Å². The fourth-order valence-electron chi connectivity index (χ4n) is 17.6. The van der Waals surface area contributed by atoms with Gasteiger partial charge in [-0.25, -0.2) is 15.0 Å². The Morgan fingerprint density at radius 3 is 0.633 bits per heavy atom. The normalized spacial score (nSPS) is 11.5. The van der Waals surface area contributed by atoms with Gasteiger partial charge in [0, 0.05) is 117 Å². The van der Waals surface area contributed by atoms with Crippen LogP contribution < -0.4 is 14.7 Å². The summed E-state index contributed by atoms with van der Waals surface area (Å²) in [4.78, 5) is 23.6. The third kappa shape index (κ3) is 12.8. The van der Waals surface area contributed by atoms with Crippen molar-refractivity contribution in [1.29, 1.82) is 0 Å².